The Morgan fingerprint density at radius 1 is 1.62 bits per heavy atom. The van der Waals surface area contributed by atoms with Gasteiger partial charge in [0.2, 0.25) is 0 Å². The minimum Gasteiger partial charge on any atom is -0.288 e. The van der Waals surface area contributed by atoms with Crippen LogP contribution in [0, 0.1) is 23.2 Å². The summed E-state index contributed by atoms with van der Waals surface area (Å²) < 4.78 is 0. The number of pyridine rings is 1. The Balaban J connectivity index is 2.50. The van der Waals surface area contributed by atoms with Crippen LogP contribution in [0.4, 0.5) is 0 Å². The van der Waals surface area contributed by atoms with Crippen molar-refractivity contribution in [3.05, 3.63) is 29.6 Å². The van der Waals surface area contributed by atoms with E-state index in [1.807, 2.05) is 6.07 Å². The van der Waals surface area contributed by atoms with E-state index in [9.17, 15) is 4.79 Å². The molecule has 1 heterocycles. The van der Waals surface area contributed by atoms with Crippen LogP contribution in [-0.4, -0.2) is 15.9 Å². The third-order valence-corrected chi connectivity index (χ3v) is 2.45. The highest BCUT2D eigenvalue weighted by atomic mass is 32.2. The van der Waals surface area contributed by atoms with E-state index in [-0.39, 0.29) is 5.12 Å². The van der Waals surface area contributed by atoms with Crippen LogP contribution < -0.4 is 0 Å². The minimum absolute atomic E-state index is 0.103. The molecule has 1 rings (SSSR count). The standard InChI is InChI=1S/C12H10N2OS/c1-10(15)16-7-3-2-4-12-8-11(9-13)5-6-14-12/h5-6,8H,3,7H2,1H3. The van der Waals surface area contributed by atoms with Crippen LogP contribution in [-0.2, 0) is 4.79 Å². The molecule has 0 aliphatic heterocycles. The zero-order valence-electron chi connectivity index (χ0n) is 8.86. The van der Waals surface area contributed by atoms with Crippen molar-refractivity contribution in [3.63, 3.8) is 0 Å². The molecule has 0 aliphatic carbocycles. The summed E-state index contributed by atoms with van der Waals surface area (Å²) in [7, 11) is 0. The Kier molecular flexibility index (Phi) is 5.11. The summed E-state index contributed by atoms with van der Waals surface area (Å²) in [5, 5.41) is 8.77. The molecule has 0 saturated heterocycles. The van der Waals surface area contributed by atoms with Crippen LogP contribution in [0.25, 0.3) is 0 Å². The number of carbonyl (C=O) groups is 1. The molecular formula is C12H10N2OS. The number of aromatic nitrogens is 1. The fourth-order valence-electron chi connectivity index (χ4n) is 0.967. The molecule has 3 nitrogen and oxygen atoms in total. The first-order chi connectivity index (χ1) is 7.72. The SMILES string of the molecule is CC(=O)SCCC#Cc1cc(C#N)ccn1. The van der Waals surface area contributed by atoms with Gasteiger partial charge in [-0.2, -0.15) is 5.26 Å². The highest BCUT2D eigenvalue weighted by Crippen LogP contribution is 2.02. The van der Waals surface area contributed by atoms with Crippen LogP contribution in [0.15, 0.2) is 18.3 Å². The first-order valence-electron chi connectivity index (χ1n) is 4.71. The molecule has 0 bridgehead atoms. The van der Waals surface area contributed by atoms with Crippen molar-refractivity contribution < 1.29 is 4.79 Å². The minimum atomic E-state index is 0.103. The van der Waals surface area contributed by atoms with Crippen LogP contribution >= 0.6 is 11.8 Å². The van der Waals surface area contributed by atoms with E-state index >= 15 is 0 Å². The van der Waals surface area contributed by atoms with Crippen molar-refractivity contribution >= 4 is 16.9 Å². The Labute approximate surface area is 98.9 Å². The molecule has 0 atom stereocenters. The maximum atomic E-state index is 10.6. The van der Waals surface area contributed by atoms with Gasteiger partial charge in [0.15, 0.2) is 5.12 Å². The summed E-state index contributed by atoms with van der Waals surface area (Å²) in [5.41, 5.74) is 1.14. The fourth-order valence-corrected chi connectivity index (χ4v) is 1.46. The third kappa shape index (κ3) is 4.63. The molecule has 0 fully saturated rings. The maximum Gasteiger partial charge on any atom is 0.185 e. The first-order valence-corrected chi connectivity index (χ1v) is 5.69. The lowest BCUT2D eigenvalue weighted by Crippen LogP contribution is -1.85. The van der Waals surface area contributed by atoms with Gasteiger partial charge in [-0.3, -0.25) is 4.79 Å². The zero-order valence-corrected chi connectivity index (χ0v) is 9.67. The second-order valence-corrected chi connectivity index (χ2v) is 4.21. The van der Waals surface area contributed by atoms with E-state index in [1.165, 1.54) is 18.7 Å². The van der Waals surface area contributed by atoms with Crippen molar-refractivity contribution in [1.29, 1.82) is 5.26 Å². The second-order valence-electron chi connectivity index (χ2n) is 2.93. The average Bonchev–Trinajstić information content (AvgIpc) is 2.28. The number of thioether (sulfide) groups is 1. The highest BCUT2D eigenvalue weighted by molar-refractivity contribution is 8.13. The van der Waals surface area contributed by atoms with Crippen molar-refractivity contribution in [2.45, 2.75) is 13.3 Å². The topological polar surface area (TPSA) is 53.8 Å². The fraction of sp³-hybridized carbons (Fsp3) is 0.250. The van der Waals surface area contributed by atoms with Crippen molar-refractivity contribution in [3.8, 4) is 17.9 Å². The molecule has 80 valence electrons. The summed E-state index contributed by atoms with van der Waals surface area (Å²) >= 11 is 1.26. The molecule has 1 aromatic heterocycles. The molecule has 0 amide bonds. The van der Waals surface area contributed by atoms with Gasteiger partial charge in [0, 0.05) is 25.3 Å². The maximum absolute atomic E-state index is 10.6. The number of carbonyl (C=O) groups excluding carboxylic acids is 1. The van der Waals surface area contributed by atoms with Crippen LogP contribution in [0.2, 0.25) is 0 Å². The quantitative estimate of drug-likeness (QED) is 0.576. The Bertz CT molecular complexity index is 480. The van der Waals surface area contributed by atoms with E-state index in [4.69, 9.17) is 5.26 Å². The van der Waals surface area contributed by atoms with Crippen LogP contribution in [0.5, 0.6) is 0 Å². The average molecular weight is 230 g/mol. The molecule has 0 N–H and O–H groups in total. The molecule has 1 aromatic rings. The lowest BCUT2D eigenvalue weighted by atomic mass is 10.2. The highest BCUT2D eigenvalue weighted by Gasteiger charge is 1.93. The summed E-state index contributed by atoms with van der Waals surface area (Å²) in [6.45, 7) is 1.54. The van der Waals surface area contributed by atoms with Crippen LogP contribution in [0.3, 0.4) is 0 Å². The van der Waals surface area contributed by atoms with Gasteiger partial charge >= 0.3 is 0 Å². The smallest absolute Gasteiger partial charge is 0.185 e. The zero-order chi connectivity index (χ0) is 11.8. The van der Waals surface area contributed by atoms with E-state index in [1.54, 1.807) is 18.3 Å². The third-order valence-electron chi connectivity index (χ3n) is 1.64. The van der Waals surface area contributed by atoms with Crippen LogP contribution in [0.1, 0.15) is 24.6 Å². The van der Waals surface area contributed by atoms with Gasteiger partial charge in [0.25, 0.3) is 0 Å². The summed E-state index contributed by atoms with van der Waals surface area (Å²) in [4.78, 5) is 14.6. The van der Waals surface area contributed by atoms with Crippen molar-refractivity contribution in [2.75, 3.05) is 5.75 Å². The lowest BCUT2D eigenvalue weighted by Gasteiger charge is -1.90. The summed E-state index contributed by atoms with van der Waals surface area (Å²) in [5.74, 6) is 6.46. The van der Waals surface area contributed by atoms with Crippen molar-refractivity contribution in [2.24, 2.45) is 0 Å². The molecule has 0 radical (unpaired) electrons. The molecule has 0 unspecified atom stereocenters. The summed E-state index contributed by atoms with van der Waals surface area (Å²) in [6.07, 6.45) is 2.20. The van der Waals surface area contributed by atoms with Gasteiger partial charge in [0.05, 0.1) is 11.6 Å². The molecule has 16 heavy (non-hydrogen) atoms. The van der Waals surface area contributed by atoms with Crippen molar-refractivity contribution in [1.82, 2.24) is 4.98 Å². The number of nitrogens with zero attached hydrogens (tertiary/aromatic N) is 2. The molecule has 4 heteroatoms. The summed E-state index contributed by atoms with van der Waals surface area (Å²) in [6, 6.07) is 5.31. The van der Waals surface area contributed by atoms with E-state index in [0.717, 1.165) is 0 Å². The van der Waals surface area contributed by atoms with E-state index in [0.29, 0.717) is 23.4 Å². The Morgan fingerprint density at radius 2 is 2.44 bits per heavy atom. The van der Waals surface area contributed by atoms with Gasteiger partial charge in [-0.25, -0.2) is 4.98 Å². The van der Waals surface area contributed by atoms with Gasteiger partial charge in [0.1, 0.15) is 5.69 Å². The molecule has 0 saturated carbocycles. The molecule has 0 aromatic carbocycles. The molecule has 0 spiro atoms. The van der Waals surface area contributed by atoms with Gasteiger partial charge < -0.3 is 0 Å². The monoisotopic (exact) mass is 230 g/mol. The predicted octanol–water partition coefficient (Wildman–Crippen LogP) is 1.97. The number of hydrogen-bond acceptors (Lipinski definition) is 4. The Hall–Kier alpha value is -1.78. The number of nitriles is 1. The van der Waals surface area contributed by atoms with E-state index < -0.39 is 0 Å². The van der Waals surface area contributed by atoms with Gasteiger partial charge in [-0.05, 0) is 18.1 Å². The second kappa shape index (κ2) is 6.66. The Morgan fingerprint density at radius 3 is 3.12 bits per heavy atom. The lowest BCUT2D eigenvalue weighted by molar-refractivity contribution is -0.109. The van der Waals surface area contributed by atoms with Gasteiger partial charge in [-0.1, -0.05) is 17.7 Å². The number of hydrogen-bond donors (Lipinski definition) is 0. The first kappa shape index (κ1) is 12.3. The normalized spacial score (nSPS) is 8.75. The molecule has 0 aliphatic rings. The predicted molar refractivity (Wildman–Crippen MR) is 63.6 cm³/mol. The molecular weight excluding hydrogens is 220 g/mol. The van der Waals surface area contributed by atoms with E-state index in [2.05, 4.69) is 16.8 Å². The number of rotatable bonds is 2. The largest absolute Gasteiger partial charge is 0.288 e. The van der Waals surface area contributed by atoms with Gasteiger partial charge in [-0.15, -0.1) is 0 Å².